The highest BCUT2D eigenvalue weighted by Gasteiger charge is 2.17. The van der Waals surface area contributed by atoms with Crippen LogP contribution in [0.4, 0.5) is 0 Å². The molecule has 0 amide bonds. The van der Waals surface area contributed by atoms with Crippen molar-refractivity contribution >= 4 is 11.0 Å². The number of hydrogen-bond donors (Lipinski definition) is 1. The fourth-order valence-corrected chi connectivity index (χ4v) is 1.71. The van der Waals surface area contributed by atoms with Crippen LogP contribution in [-0.2, 0) is 0 Å². The fourth-order valence-electron chi connectivity index (χ4n) is 1.71. The van der Waals surface area contributed by atoms with Gasteiger partial charge >= 0.3 is 5.63 Å². The van der Waals surface area contributed by atoms with Crippen LogP contribution in [0.1, 0.15) is 13.8 Å². The van der Waals surface area contributed by atoms with E-state index in [2.05, 4.69) is 0 Å². The van der Waals surface area contributed by atoms with E-state index in [1.165, 1.54) is 7.11 Å². The van der Waals surface area contributed by atoms with Gasteiger partial charge in [-0.3, -0.25) is 0 Å². The quantitative estimate of drug-likeness (QED) is 0.846. The maximum absolute atomic E-state index is 11.5. The lowest BCUT2D eigenvalue weighted by molar-refractivity contribution is 0.241. The van der Waals surface area contributed by atoms with E-state index in [0.717, 1.165) is 0 Å². The maximum Gasteiger partial charge on any atom is 0.382 e. The summed E-state index contributed by atoms with van der Waals surface area (Å²) in [5.74, 6) is 0.0000491. The van der Waals surface area contributed by atoms with Gasteiger partial charge < -0.3 is 19.0 Å². The molecule has 1 aromatic carbocycles. The van der Waals surface area contributed by atoms with Crippen LogP contribution in [0.5, 0.6) is 17.2 Å². The van der Waals surface area contributed by atoms with Gasteiger partial charge in [0.1, 0.15) is 0 Å². The molecule has 0 unspecified atom stereocenters. The minimum atomic E-state index is -0.848. The number of fused-ring (bicyclic) bond motifs is 1. The number of aromatic hydroxyl groups is 1. The van der Waals surface area contributed by atoms with Crippen molar-refractivity contribution in [1.29, 1.82) is 0 Å². The lowest BCUT2D eigenvalue weighted by Crippen LogP contribution is -2.07. The predicted molar refractivity (Wildman–Crippen MR) is 66.5 cm³/mol. The van der Waals surface area contributed by atoms with E-state index in [4.69, 9.17) is 13.9 Å². The molecule has 0 spiro atoms. The van der Waals surface area contributed by atoms with E-state index in [-0.39, 0.29) is 17.4 Å². The average molecular weight is 250 g/mol. The molecule has 1 heterocycles. The second-order valence-corrected chi connectivity index (χ2v) is 4.07. The van der Waals surface area contributed by atoms with Gasteiger partial charge in [0, 0.05) is 0 Å². The lowest BCUT2D eigenvalue weighted by atomic mass is 10.2. The first-order chi connectivity index (χ1) is 8.54. The topological polar surface area (TPSA) is 68.9 Å². The van der Waals surface area contributed by atoms with Crippen molar-refractivity contribution in [3.05, 3.63) is 28.6 Å². The highest BCUT2D eigenvalue weighted by Crippen LogP contribution is 2.35. The van der Waals surface area contributed by atoms with Crippen molar-refractivity contribution in [3.63, 3.8) is 0 Å². The van der Waals surface area contributed by atoms with Gasteiger partial charge in [-0.05, 0) is 26.0 Å². The average Bonchev–Trinajstić information content (AvgIpc) is 2.31. The summed E-state index contributed by atoms with van der Waals surface area (Å²) in [5.41, 5.74) is -0.579. The fraction of sp³-hybridized carbons (Fsp3) is 0.308. The molecule has 5 nitrogen and oxygen atoms in total. The third-order valence-corrected chi connectivity index (χ3v) is 2.39. The Bertz CT molecular complexity index is 627. The highest BCUT2D eigenvalue weighted by molar-refractivity contribution is 5.89. The Hall–Kier alpha value is -2.17. The molecule has 0 aliphatic rings. The minimum absolute atomic E-state index is 0.0549. The highest BCUT2D eigenvalue weighted by atomic mass is 16.5. The van der Waals surface area contributed by atoms with Gasteiger partial charge in [0.2, 0.25) is 5.75 Å². The van der Waals surface area contributed by atoms with Gasteiger partial charge in [-0.15, -0.1) is 0 Å². The van der Waals surface area contributed by atoms with Crippen LogP contribution in [0.3, 0.4) is 0 Å². The molecular formula is C13H14O5. The second-order valence-electron chi connectivity index (χ2n) is 4.07. The van der Waals surface area contributed by atoms with Crippen LogP contribution in [0.25, 0.3) is 11.0 Å². The van der Waals surface area contributed by atoms with E-state index >= 15 is 0 Å². The molecule has 18 heavy (non-hydrogen) atoms. The van der Waals surface area contributed by atoms with Crippen LogP contribution in [-0.4, -0.2) is 18.3 Å². The molecule has 0 bridgehead atoms. The number of hydrogen-bond acceptors (Lipinski definition) is 5. The van der Waals surface area contributed by atoms with Gasteiger partial charge in [0.15, 0.2) is 17.1 Å². The number of rotatable bonds is 3. The van der Waals surface area contributed by atoms with Gasteiger partial charge in [-0.25, -0.2) is 4.79 Å². The predicted octanol–water partition coefficient (Wildman–Crippen LogP) is 2.29. The minimum Gasteiger partial charge on any atom is -0.499 e. The standard InChI is InChI=1S/C13H14O5/c1-7(2)17-9-6-4-5-8-11(9)18-13(15)10(14)12(8)16-3/h4-7,14H,1-3H3. The van der Waals surface area contributed by atoms with Gasteiger partial charge in [0.05, 0.1) is 18.6 Å². The molecule has 0 fully saturated rings. The van der Waals surface area contributed by atoms with Crippen LogP contribution < -0.4 is 15.1 Å². The van der Waals surface area contributed by atoms with Crippen molar-refractivity contribution < 1.29 is 19.0 Å². The number of benzene rings is 1. The first kappa shape index (κ1) is 12.3. The van der Waals surface area contributed by atoms with Crippen molar-refractivity contribution in [2.45, 2.75) is 20.0 Å². The Balaban J connectivity index is 2.78. The van der Waals surface area contributed by atoms with Crippen LogP contribution in [0.2, 0.25) is 0 Å². The Morgan fingerprint density at radius 2 is 2.06 bits per heavy atom. The molecule has 0 saturated carbocycles. The Morgan fingerprint density at radius 3 is 2.67 bits per heavy atom. The zero-order valence-corrected chi connectivity index (χ0v) is 10.4. The van der Waals surface area contributed by atoms with E-state index in [1.807, 2.05) is 13.8 Å². The van der Waals surface area contributed by atoms with E-state index in [0.29, 0.717) is 11.1 Å². The zero-order chi connectivity index (χ0) is 13.3. The van der Waals surface area contributed by atoms with Crippen molar-refractivity contribution in [3.8, 4) is 17.2 Å². The molecule has 0 saturated heterocycles. The molecule has 0 radical (unpaired) electrons. The van der Waals surface area contributed by atoms with Gasteiger partial charge in [0.25, 0.3) is 0 Å². The molecule has 96 valence electrons. The normalized spacial score (nSPS) is 10.9. The summed E-state index contributed by atoms with van der Waals surface area (Å²) in [7, 11) is 1.38. The monoisotopic (exact) mass is 250 g/mol. The Morgan fingerprint density at radius 1 is 1.33 bits per heavy atom. The summed E-state index contributed by atoms with van der Waals surface area (Å²) in [6.45, 7) is 3.74. The molecule has 5 heteroatoms. The summed E-state index contributed by atoms with van der Waals surface area (Å²) < 4.78 is 15.6. The first-order valence-electron chi connectivity index (χ1n) is 5.54. The van der Waals surface area contributed by atoms with E-state index in [1.54, 1.807) is 18.2 Å². The molecule has 2 rings (SSSR count). The van der Waals surface area contributed by atoms with Gasteiger partial charge in [-0.2, -0.15) is 0 Å². The van der Waals surface area contributed by atoms with Crippen LogP contribution >= 0.6 is 0 Å². The summed E-state index contributed by atoms with van der Waals surface area (Å²) in [5, 5.41) is 10.1. The third kappa shape index (κ3) is 1.99. The smallest absolute Gasteiger partial charge is 0.382 e. The molecule has 0 atom stereocenters. The lowest BCUT2D eigenvalue weighted by Gasteiger charge is -2.12. The number of ether oxygens (including phenoxy) is 2. The molecule has 1 aromatic heterocycles. The number of para-hydroxylation sites is 1. The zero-order valence-electron chi connectivity index (χ0n) is 10.4. The Labute approximate surface area is 104 Å². The molecular weight excluding hydrogens is 236 g/mol. The van der Waals surface area contributed by atoms with E-state index < -0.39 is 11.4 Å². The van der Waals surface area contributed by atoms with Crippen LogP contribution in [0.15, 0.2) is 27.4 Å². The third-order valence-electron chi connectivity index (χ3n) is 2.39. The van der Waals surface area contributed by atoms with Crippen molar-refractivity contribution in [1.82, 2.24) is 0 Å². The summed E-state index contributed by atoms with van der Waals surface area (Å²) >= 11 is 0. The molecule has 1 N–H and O–H groups in total. The summed E-state index contributed by atoms with van der Waals surface area (Å²) in [6.07, 6.45) is -0.0549. The molecule has 0 aliphatic carbocycles. The van der Waals surface area contributed by atoms with Crippen molar-refractivity contribution in [2.24, 2.45) is 0 Å². The second kappa shape index (κ2) is 4.60. The SMILES string of the molecule is COc1c(O)c(=O)oc2c(OC(C)C)cccc12. The molecule has 2 aromatic rings. The van der Waals surface area contributed by atoms with Crippen molar-refractivity contribution in [2.75, 3.05) is 7.11 Å². The van der Waals surface area contributed by atoms with E-state index in [9.17, 15) is 9.90 Å². The van der Waals surface area contributed by atoms with Crippen LogP contribution in [0, 0.1) is 0 Å². The molecule has 0 aliphatic heterocycles. The first-order valence-corrected chi connectivity index (χ1v) is 5.54. The van der Waals surface area contributed by atoms with Gasteiger partial charge in [-0.1, -0.05) is 6.07 Å². The maximum atomic E-state index is 11.5. The summed E-state index contributed by atoms with van der Waals surface area (Å²) in [4.78, 5) is 11.5. The number of methoxy groups -OCH3 is 1. The summed E-state index contributed by atoms with van der Waals surface area (Å²) in [6, 6.07) is 5.12. The Kier molecular flexibility index (Phi) is 3.14. The largest absolute Gasteiger partial charge is 0.499 e.